The van der Waals surface area contributed by atoms with E-state index in [2.05, 4.69) is 5.32 Å². The number of hydrogen-bond donors (Lipinski definition) is 1. The highest BCUT2D eigenvalue weighted by Gasteiger charge is 2.47. The van der Waals surface area contributed by atoms with Crippen LogP contribution in [0.5, 0.6) is 0 Å². The van der Waals surface area contributed by atoms with E-state index in [1.807, 2.05) is 58.9 Å². The molecule has 1 radical (unpaired) electrons. The first-order valence-corrected chi connectivity index (χ1v) is 8.08. The molecule has 0 unspecified atom stereocenters. The predicted molar refractivity (Wildman–Crippen MR) is 88.2 cm³/mol. The number of hydrogen-bond acceptors (Lipinski definition) is 3. The number of nitrogens with one attached hydrogen (secondary N) is 1. The monoisotopic (exact) mass is 319 g/mol. The molecule has 1 aromatic rings. The Morgan fingerprint density at radius 3 is 2.22 bits per heavy atom. The van der Waals surface area contributed by atoms with E-state index in [0.717, 1.165) is 10.6 Å². The topological polar surface area (TPSA) is 61.5 Å². The van der Waals surface area contributed by atoms with Gasteiger partial charge in [-0.1, -0.05) is 29.8 Å². The minimum atomic E-state index is -0.538. The Kier molecular flexibility index (Phi) is 5.01. The van der Waals surface area contributed by atoms with Gasteiger partial charge in [0.05, 0.1) is 0 Å². The Morgan fingerprint density at radius 2 is 1.70 bits per heavy atom. The molecule has 5 nitrogen and oxygen atoms in total. The maximum atomic E-state index is 12.3. The van der Waals surface area contributed by atoms with E-state index in [0.29, 0.717) is 19.4 Å². The second-order valence-corrected chi connectivity index (χ2v) is 7.69. The van der Waals surface area contributed by atoms with Crippen molar-refractivity contribution in [3.8, 4) is 0 Å². The standard InChI is InChI=1S/C18H27N2O3/c1-13-6-8-14(9-7-13)12-19-16(21)23-15-10-17(2,3)20(22)18(4,5)11-15/h6-9,15H,10-12H2,1-5H3,(H,19,21). The Balaban J connectivity index is 1.89. The van der Waals surface area contributed by atoms with Gasteiger partial charge in [-0.25, -0.2) is 4.79 Å². The highest BCUT2D eigenvalue weighted by atomic mass is 16.6. The van der Waals surface area contributed by atoms with E-state index in [9.17, 15) is 10.0 Å². The lowest BCUT2D eigenvalue weighted by Crippen LogP contribution is -2.60. The summed E-state index contributed by atoms with van der Waals surface area (Å²) in [6, 6.07) is 7.99. The molecule has 23 heavy (non-hydrogen) atoms. The molecule has 1 aliphatic rings. The summed E-state index contributed by atoms with van der Waals surface area (Å²) >= 11 is 0. The summed E-state index contributed by atoms with van der Waals surface area (Å²) in [5.41, 5.74) is 1.14. The van der Waals surface area contributed by atoms with Gasteiger partial charge >= 0.3 is 6.09 Å². The van der Waals surface area contributed by atoms with Gasteiger partial charge in [0.25, 0.3) is 0 Å². The van der Waals surface area contributed by atoms with E-state index in [-0.39, 0.29) is 6.10 Å². The average Bonchev–Trinajstić information content (AvgIpc) is 2.43. The molecule has 127 valence electrons. The normalized spacial score (nSPS) is 21.0. The van der Waals surface area contributed by atoms with Crippen molar-refractivity contribution in [2.24, 2.45) is 0 Å². The van der Waals surface area contributed by atoms with E-state index in [1.165, 1.54) is 5.56 Å². The number of aryl methyl sites for hydroxylation is 1. The largest absolute Gasteiger partial charge is 0.446 e. The quantitative estimate of drug-likeness (QED) is 0.926. The third-order valence-corrected chi connectivity index (χ3v) is 4.39. The minimum absolute atomic E-state index is 0.247. The molecule has 1 amide bonds. The maximum absolute atomic E-state index is 12.3. The van der Waals surface area contributed by atoms with E-state index in [1.54, 1.807) is 0 Å². The molecule has 1 N–H and O–H groups in total. The van der Waals surface area contributed by atoms with E-state index >= 15 is 0 Å². The third kappa shape index (κ3) is 4.45. The number of hydroxylamine groups is 2. The van der Waals surface area contributed by atoms with Gasteiger partial charge in [-0.2, -0.15) is 0 Å². The Bertz CT molecular complexity index is 534. The number of ether oxygens (including phenoxy) is 1. The SMILES string of the molecule is Cc1ccc(CNC(=O)OC2CC(C)(C)N([O])C(C)(C)C2)cc1. The molecular weight excluding hydrogens is 292 g/mol. The summed E-state index contributed by atoms with van der Waals surface area (Å²) in [5, 5.41) is 16.2. The van der Waals surface area contributed by atoms with Gasteiger partial charge < -0.3 is 10.1 Å². The van der Waals surface area contributed by atoms with Crippen molar-refractivity contribution in [1.82, 2.24) is 10.4 Å². The van der Waals surface area contributed by atoms with Gasteiger partial charge in [0.15, 0.2) is 0 Å². The van der Waals surface area contributed by atoms with Gasteiger partial charge in [-0.3, -0.25) is 0 Å². The maximum Gasteiger partial charge on any atom is 0.407 e. The van der Waals surface area contributed by atoms with E-state index < -0.39 is 17.2 Å². The summed E-state index contributed by atoms with van der Waals surface area (Å²) < 4.78 is 5.54. The lowest BCUT2D eigenvalue weighted by atomic mass is 9.80. The van der Waals surface area contributed by atoms with Gasteiger partial charge in [0.1, 0.15) is 6.10 Å². The molecule has 1 heterocycles. The van der Waals surface area contributed by atoms with Crippen LogP contribution in [0, 0.1) is 6.92 Å². The number of nitrogens with zero attached hydrogens (tertiary/aromatic N) is 1. The zero-order chi connectivity index (χ0) is 17.3. The molecule has 5 heteroatoms. The van der Waals surface area contributed by atoms with Crippen LogP contribution in [0.1, 0.15) is 51.7 Å². The minimum Gasteiger partial charge on any atom is -0.446 e. The number of carbonyl (C=O) groups is 1. The zero-order valence-corrected chi connectivity index (χ0v) is 14.7. The second kappa shape index (κ2) is 6.49. The fourth-order valence-corrected chi connectivity index (χ4v) is 3.33. The Hall–Kier alpha value is -1.59. The van der Waals surface area contributed by atoms with Crippen molar-refractivity contribution >= 4 is 6.09 Å². The Labute approximate surface area is 138 Å². The first-order valence-electron chi connectivity index (χ1n) is 8.08. The highest BCUT2D eigenvalue weighted by molar-refractivity contribution is 5.67. The summed E-state index contributed by atoms with van der Waals surface area (Å²) in [5.74, 6) is 0. The van der Waals surface area contributed by atoms with Crippen LogP contribution in [-0.2, 0) is 16.5 Å². The lowest BCUT2D eigenvalue weighted by Gasteiger charge is -2.49. The molecule has 1 aromatic carbocycles. The fourth-order valence-electron chi connectivity index (χ4n) is 3.33. The van der Waals surface area contributed by atoms with Crippen molar-refractivity contribution in [3.05, 3.63) is 35.4 Å². The first kappa shape index (κ1) is 17.8. The number of rotatable bonds is 3. The third-order valence-electron chi connectivity index (χ3n) is 4.39. The van der Waals surface area contributed by atoms with Crippen LogP contribution in [0.3, 0.4) is 0 Å². The molecular formula is C18H27N2O3. The van der Waals surface area contributed by atoms with Crippen LogP contribution in [0.4, 0.5) is 4.79 Å². The summed E-state index contributed by atoms with van der Waals surface area (Å²) in [6.07, 6.45) is 0.403. The van der Waals surface area contributed by atoms with Gasteiger partial charge in [0.2, 0.25) is 0 Å². The summed E-state index contributed by atoms with van der Waals surface area (Å²) in [6.45, 7) is 10.0. The first-order chi connectivity index (χ1) is 10.6. The number of carbonyl (C=O) groups excluding carboxylic acids is 1. The Morgan fingerprint density at radius 1 is 1.17 bits per heavy atom. The van der Waals surface area contributed by atoms with Crippen LogP contribution in [0.15, 0.2) is 24.3 Å². The molecule has 0 bridgehead atoms. The predicted octanol–water partition coefficient (Wildman–Crippen LogP) is 3.59. The molecule has 1 aliphatic heterocycles. The molecule has 0 aliphatic carbocycles. The van der Waals surface area contributed by atoms with Gasteiger partial charge in [-0.15, -0.1) is 10.3 Å². The average molecular weight is 319 g/mol. The number of piperidine rings is 1. The molecule has 0 spiro atoms. The van der Waals surface area contributed by atoms with Crippen LogP contribution in [0.25, 0.3) is 0 Å². The van der Waals surface area contributed by atoms with Crippen LogP contribution in [-0.4, -0.2) is 28.3 Å². The fraction of sp³-hybridized carbons (Fsp3) is 0.611. The van der Waals surface area contributed by atoms with Gasteiger partial charge in [-0.05, 0) is 40.2 Å². The number of alkyl carbamates (subject to hydrolysis) is 1. The van der Waals surface area contributed by atoms with Crippen molar-refractivity contribution in [1.29, 1.82) is 0 Å². The van der Waals surface area contributed by atoms with Gasteiger partial charge in [0, 0.05) is 30.5 Å². The van der Waals surface area contributed by atoms with Crippen molar-refractivity contribution in [2.45, 2.75) is 71.2 Å². The van der Waals surface area contributed by atoms with Crippen molar-refractivity contribution in [3.63, 3.8) is 0 Å². The summed E-state index contributed by atoms with van der Waals surface area (Å²) in [7, 11) is 0. The second-order valence-electron chi connectivity index (χ2n) is 7.69. The summed E-state index contributed by atoms with van der Waals surface area (Å²) in [4.78, 5) is 12.0. The van der Waals surface area contributed by atoms with E-state index in [4.69, 9.17) is 4.74 Å². The van der Waals surface area contributed by atoms with Crippen LogP contribution in [0.2, 0.25) is 0 Å². The molecule has 1 saturated heterocycles. The van der Waals surface area contributed by atoms with Crippen LogP contribution >= 0.6 is 0 Å². The van der Waals surface area contributed by atoms with Crippen molar-refractivity contribution < 1.29 is 14.7 Å². The van der Waals surface area contributed by atoms with Crippen molar-refractivity contribution in [2.75, 3.05) is 0 Å². The lowest BCUT2D eigenvalue weighted by molar-refractivity contribution is -0.298. The molecule has 0 saturated carbocycles. The molecule has 0 aromatic heterocycles. The van der Waals surface area contributed by atoms with Crippen LogP contribution < -0.4 is 5.32 Å². The smallest absolute Gasteiger partial charge is 0.407 e. The number of benzene rings is 1. The highest BCUT2D eigenvalue weighted by Crippen LogP contribution is 2.38. The molecule has 2 rings (SSSR count). The molecule has 1 fully saturated rings. The molecule has 0 atom stereocenters. The zero-order valence-electron chi connectivity index (χ0n) is 14.7. The number of amides is 1.